The van der Waals surface area contributed by atoms with Crippen molar-refractivity contribution in [2.75, 3.05) is 0 Å². The van der Waals surface area contributed by atoms with Crippen molar-refractivity contribution in [3.05, 3.63) is 58.7 Å². The molecule has 0 bridgehead atoms. The van der Waals surface area contributed by atoms with Crippen LogP contribution in [0, 0.1) is 11.6 Å². The number of benzene rings is 1. The van der Waals surface area contributed by atoms with Gasteiger partial charge in [0.25, 0.3) is 0 Å². The molecule has 1 aromatic carbocycles. The van der Waals surface area contributed by atoms with Crippen LogP contribution >= 0.6 is 15.9 Å². The van der Waals surface area contributed by atoms with E-state index in [-0.39, 0.29) is 16.5 Å². The van der Waals surface area contributed by atoms with Crippen molar-refractivity contribution >= 4 is 38.1 Å². The average molecular weight is 390 g/mol. The van der Waals surface area contributed by atoms with E-state index < -0.39 is 17.7 Å². The van der Waals surface area contributed by atoms with Crippen LogP contribution in [0.15, 0.2) is 41.5 Å². The van der Waals surface area contributed by atoms with Crippen molar-refractivity contribution in [2.24, 2.45) is 0 Å². The van der Waals surface area contributed by atoms with Crippen molar-refractivity contribution in [1.82, 2.24) is 24.5 Å². The number of fused-ring (bicyclic) bond motifs is 2. The van der Waals surface area contributed by atoms with Gasteiger partial charge in [0.15, 0.2) is 11.3 Å². The third kappa shape index (κ3) is 2.25. The van der Waals surface area contributed by atoms with E-state index >= 15 is 0 Å². The fraction of sp³-hybridized carbons (Fsp3) is 0.125. The first kappa shape index (κ1) is 15.1. The van der Waals surface area contributed by atoms with Gasteiger partial charge in [0.1, 0.15) is 16.2 Å². The summed E-state index contributed by atoms with van der Waals surface area (Å²) in [4.78, 5) is 16.6. The first-order valence-corrected chi connectivity index (χ1v) is 7.93. The molecule has 1 unspecified atom stereocenters. The Bertz CT molecular complexity index is 1080. The Morgan fingerprint density at radius 3 is 2.88 bits per heavy atom. The second-order valence-corrected chi connectivity index (χ2v) is 6.14. The highest BCUT2D eigenvalue weighted by Crippen LogP contribution is 2.30. The van der Waals surface area contributed by atoms with Gasteiger partial charge in [-0.15, -0.1) is 0 Å². The fourth-order valence-electron chi connectivity index (χ4n) is 2.76. The molecule has 8 heteroatoms. The van der Waals surface area contributed by atoms with Gasteiger partial charge >= 0.3 is 0 Å². The molecule has 0 spiro atoms. The minimum Gasteiger partial charge on any atom is -0.306 e. The molecule has 0 saturated carbocycles. The Labute approximate surface area is 143 Å². The Kier molecular flexibility index (Phi) is 3.49. The van der Waals surface area contributed by atoms with E-state index in [4.69, 9.17) is 0 Å². The van der Waals surface area contributed by atoms with Gasteiger partial charge in [0.2, 0.25) is 0 Å². The Balaban J connectivity index is 1.94. The number of halogens is 3. The second-order valence-electron chi connectivity index (χ2n) is 5.32. The molecular weight excluding hydrogens is 380 g/mol. The molecule has 5 nitrogen and oxygen atoms in total. The molecular formula is C16H10BrF2N5. The number of hydrogen-bond acceptors (Lipinski definition) is 4. The topological polar surface area (TPSA) is 56.5 Å². The predicted octanol–water partition coefficient (Wildman–Crippen LogP) is 4.02. The zero-order chi connectivity index (χ0) is 16.8. The standard InChI is InChI=1S/C16H10BrF2N5/c1-8(24-7-22-15-16(24)23-12(17)6-21-15)13-10(18)5-11-9(14(13)19)3-2-4-20-11/h2-8H,1H3. The number of aromatic nitrogens is 5. The van der Waals surface area contributed by atoms with Gasteiger partial charge in [-0.3, -0.25) is 4.98 Å². The van der Waals surface area contributed by atoms with Crippen LogP contribution in [0.25, 0.3) is 22.2 Å². The maximum absolute atomic E-state index is 14.9. The van der Waals surface area contributed by atoms with Crippen molar-refractivity contribution < 1.29 is 8.78 Å². The molecule has 0 saturated heterocycles. The minimum atomic E-state index is -0.656. The van der Waals surface area contributed by atoms with Gasteiger partial charge in [-0.25, -0.2) is 23.7 Å². The van der Waals surface area contributed by atoms with Gasteiger partial charge in [0.05, 0.1) is 24.1 Å². The van der Waals surface area contributed by atoms with Gasteiger partial charge in [-0.2, -0.15) is 0 Å². The van der Waals surface area contributed by atoms with Crippen LogP contribution in [-0.2, 0) is 0 Å². The average Bonchev–Trinajstić information content (AvgIpc) is 2.97. The molecule has 24 heavy (non-hydrogen) atoms. The Hall–Kier alpha value is -2.48. The van der Waals surface area contributed by atoms with E-state index in [2.05, 4.69) is 35.9 Å². The van der Waals surface area contributed by atoms with Crippen LogP contribution < -0.4 is 0 Å². The zero-order valence-electron chi connectivity index (χ0n) is 12.4. The summed E-state index contributed by atoms with van der Waals surface area (Å²) in [5.41, 5.74) is 1.08. The lowest BCUT2D eigenvalue weighted by molar-refractivity contribution is 0.517. The quantitative estimate of drug-likeness (QED) is 0.519. The van der Waals surface area contributed by atoms with Crippen LogP contribution in [0.3, 0.4) is 0 Å². The van der Waals surface area contributed by atoms with Crippen molar-refractivity contribution in [3.8, 4) is 0 Å². The lowest BCUT2D eigenvalue weighted by atomic mass is 10.0. The largest absolute Gasteiger partial charge is 0.306 e. The molecule has 0 aliphatic rings. The smallest absolute Gasteiger partial charge is 0.197 e. The molecule has 0 aliphatic carbocycles. The van der Waals surface area contributed by atoms with E-state index in [9.17, 15) is 8.78 Å². The van der Waals surface area contributed by atoms with E-state index in [1.54, 1.807) is 23.6 Å². The molecule has 120 valence electrons. The Morgan fingerprint density at radius 2 is 2.04 bits per heavy atom. The summed E-state index contributed by atoms with van der Waals surface area (Å²) in [5, 5.41) is 0.275. The molecule has 3 aromatic heterocycles. The highest BCUT2D eigenvalue weighted by atomic mass is 79.9. The van der Waals surface area contributed by atoms with Gasteiger partial charge in [0, 0.05) is 23.2 Å². The van der Waals surface area contributed by atoms with Crippen LogP contribution in [0.1, 0.15) is 18.5 Å². The predicted molar refractivity (Wildman–Crippen MR) is 88.5 cm³/mol. The maximum Gasteiger partial charge on any atom is 0.197 e. The third-order valence-electron chi connectivity index (χ3n) is 3.92. The fourth-order valence-corrected chi connectivity index (χ4v) is 3.03. The zero-order valence-corrected chi connectivity index (χ0v) is 14.0. The minimum absolute atomic E-state index is 0.0587. The molecule has 4 aromatic rings. The van der Waals surface area contributed by atoms with Crippen LogP contribution in [-0.4, -0.2) is 24.5 Å². The summed E-state index contributed by atoms with van der Waals surface area (Å²) >= 11 is 3.25. The molecule has 1 atom stereocenters. The first-order chi connectivity index (χ1) is 11.6. The van der Waals surface area contributed by atoms with Crippen molar-refractivity contribution in [3.63, 3.8) is 0 Å². The van der Waals surface area contributed by atoms with E-state index in [0.29, 0.717) is 15.9 Å². The van der Waals surface area contributed by atoms with Gasteiger partial charge < -0.3 is 4.57 Å². The van der Waals surface area contributed by atoms with E-state index in [0.717, 1.165) is 0 Å². The van der Waals surface area contributed by atoms with Crippen molar-refractivity contribution in [2.45, 2.75) is 13.0 Å². The summed E-state index contributed by atoms with van der Waals surface area (Å²) < 4.78 is 31.6. The molecule has 4 rings (SSSR count). The molecule has 0 amide bonds. The summed E-state index contributed by atoms with van der Waals surface area (Å²) in [6, 6.07) is 3.79. The van der Waals surface area contributed by atoms with E-state index in [1.165, 1.54) is 24.8 Å². The summed E-state index contributed by atoms with van der Waals surface area (Å²) in [7, 11) is 0. The highest BCUT2D eigenvalue weighted by molar-refractivity contribution is 9.10. The SMILES string of the molecule is CC(c1c(F)cc2ncccc2c1F)n1cnc2ncc(Br)nc21. The molecule has 0 aliphatic heterocycles. The number of nitrogens with zero attached hydrogens (tertiary/aromatic N) is 5. The lowest BCUT2D eigenvalue weighted by Crippen LogP contribution is -2.11. The van der Waals surface area contributed by atoms with Crippen LogP contribution in [0.4, 0.5) is 8.78 Å². The normalized spacial score (nSPS) is 12.8. The highest BCUT2D eigenvalue weighted by Gasteiger charge is 2.23. The summed E-state index contributed by atoms with van der Waals surface area (Å²) in [6.45, 7) is 1.69. The maximum atomic E-state index is 14.9. The molecule has 0 radical (unpaired) electrons. The summed E-state index contributed by atoms with van der Waals surface area (Å²) in [5.74, 6) is -1.29. The molecule has 0 N–H and O–H groups in total. The Morgan fingerprint density at radius 1 is 1.21 bits per heavy atom. The van der Waals surface area contributed by atoms with Crippen LogP contribution in [0.5, 0.6) is 0 Å². The number of imidazole rings is 1. The van der Waals surface area contributed by atoms with Crippen LogP contribution in [0.2, 0.25) is 0 Å². The third-order valence-corrected chi connectivity index (χ3v) is 4.30. The number of rotatable bonds is 2. The lowest BCUT2D eigenvalue weighted by Gasteiger charge is -2.17. The van der Waals surface area contributed by atoms with Crippen molar-refractivity contribution in [1.29, 1.82) is 0 Å². The van der Waals surface area contributed by atoms with Gasteiger partial charge in [-0.1, -0.05) is 0 Å². The first-order valence-electron chi connectivity index (χ1n) is 7.14. The number of hydrogen-bond donors (Lipinski definition) is 0. The second kappa shape index (κ2) is 5.55. The van der Waals surface area contributed by atoms with E-state index in [1.807, 2.05) is 0 Å². The summed E-state index contributed by atoms with van der Waals surface area (Å²) in [6.07, 6.45) is 4.50. The molecule has 3 heterocycles. The monoisotopic (exact) mass is 389 g/mol. The number of pyridine rings is 1. The molecule has 0 fully saturated rings. The van der Waals surface area contributed by atoms with Gasteiger partial charge in [-0.05, 0) is 35.0 Å².